The van der Waals surface area contributed by atoms with Gasteiger partial charge in [0.15, 0.2) is 0 Å². The number of ether oxygens (including phenoxy) is 1. The first-order valence-electron chi connectivity index (χ1n) is 11.7. The van der Waals surface area contributed by atoms with Crippen LogP contribution in [0.5, 0.6) is 5.75 Å². The topological polar surface area (TPSA) is 53.6 Å². The van der Waals surface area contributed by atoms with Crippen molar-refractivity contribution in [2.75, 3.05) is 38.5 Å². The molecule has 0 radical (unpaired) electrons. The second-order valence-electron chi connectivity index (χ2n) is 8.52. The molecule has 2 aromatic carbocycles. The van der Waals surface area contributed by atoms with E-state index in [0.717, 1.165) is 44.6 Å². The van der Waals surface area contributed by atoms with Crippen molar-refractivity contribution in [3.8, 4) is 5.75 Å². The number of carbonyl (C=O) groups excluding carboxylic acids is 1. The van der Waals surface area contributed by atoms with Crippen LogP contribution in [0.3, 0.4) is 0 Å². The van der Waals surface area contributed by atoms with E-state index in [-0.39, 0.29) is 12.0 Å². The normalized spacial score (nSPS) is 15.8. The van der Waals surface area contributed by atoms with Gasteiger partial charge in [0.05, 0.1) is 12.2 Å². The lowest BCUT2D eigenvalue weighted by atomic mass is 9.89. The molecule has 5 nitrogen and oxygen atoms in total. The summed E-state index contributed by atoms with van der Waals surface area (Å²) in [5.41, 5.74) is 2.14. The number of hydrogen-bond donors (Lipinski definition) is 2. The molecule has 1 aromatic heterocycles. The average molecular weight is 464 g/mol. The molecule has 1 atom stereocenters. The molecule has 1 fully saturated rings. The summed E-state index contributed by atoms with van der Waals surface area (Å²) in [4.78, 5) is 16.3. The van der Waals surface area contributed by atoms with Crippen LogP contribution in [-0.2, 0) is 4.79 Å². The molecule has 4 rings (SSSR count). The summed E-state index contributed by atoms with van der Waals surface area (Å²) < 4.78 is 6.39. The fourth-order valence-corrected chi connectivity index (χ4v) is 5.17. The van der Waals surface area contributed by atoms with Crippen molar-refractivity contribution >= 4 is 22.9 Å². The van der Waals surface area contributed by atoms with Crippen LogP contribution >= 0.6 is 11.3 Å². The molecule has 0 aliphatic carbocycles. The minimum absolute atomic E-state index is 0.00658. The molecule has 1 unspecified atom stereocenters. The van der Waals surface area contributed by atoms with Crippen LogP contribution in [-0.4, -0.2) is 44.0 Å². The lowest BCUT2D eigenvalue weighted by Crippen LogP contribution is -2.38. The second kappa shape index (κ2) is 12.0. The van der Waals surface area contributed by atoms with E-state index in [1.54, 1.807) is 11.3 Å². The van der Waals surface area contributed by atoms with Crippen molar-refractivity contribution in [2.45, 2.75) is 31.3 Å². The van der Waals surface area contributed by atoms with E-state index in [4.69, 9.17) is 4.74 Å². The Hall–Kier alpha value is -2.67. The number of nitrogens with one attached hydrogen (secondary N) is 2. The number of thiophene rings is 1. The molecule has 2 N–H and O–H groups in total. The van der Waals surface area contributed by atoms with E-state index in [1.807, 2.05) is 37.4 Å². The third-order valence-corrected chi connectivity index (χ3v) is 7.14. The Kier molecular flexibility index (Phi) is 8.53. The number of nitrogens with zero attached hydrogens (tertiary/aromatic N) is 1. The maximum atomic E-state index is 12.9. The highest BCUT2D eigenvalue weighted by Gasteiger charge is 2.22. The van der Waals surface area contributed by atoms with E-state index in [2.05, 4.69) is 57.3 Å². The molecule has 0 saturated carbocycles. The second-order valence-corrected chi connectivity index (χ2v) is 9.50. The molecule has 174 valence electrons. The summed E-state index contributed by atoms with van der Waals surface area (Å²) in [6, 6.07) is 22.6. The van der Waals surface area contributed by atoms with E-state index < -0.39 is 0 Å². The van der Waals surface area contributed by atoms with E-state index in [9.17, 15) is 4.79 Å². The Morgan fingerprint density at radius 1 is 1.06 bits per heavy atom. The number of piperidine rings is 1. The molecule has 0 bridgehead atoms. The van der Waals surface area contributed by atoms with Gasteiger partial charge in [-0.15, -0.1) is 11.3 Å². The van der Waals surface area contributed by atoms with Crippen LogP contribution in [0.2, 0.25) is 0 Å². The van der Waals surface area contributed by atoms with Crippen LogP contribution in [0.25, 0.3) is 0 Å². The fraction of sp³-hybridized carbons (Fsp3) is 0.370. The highest BCUT2D eigenvalue weighted by atomic mass is 32.1. The summed E-state index contributed by atoms with van der Waals surface area (Å²) in [5, 5.41) is 8.36. The van der Waals surface area contributed by atoms with Crippen LogP contribution in [0.1, 0.15) is 41.7 Å². The first kappa shape index (κ1) is 23.5. The maximum Gasteiger partial charge on any atom is 0.238 e. The quantitative estimate of drug-likeness (QED) is 0.429. The van der Waals surface area contributed by atoms with Crippen molar-refractivity contribution in [1.29, 1.82) is 0 Å². The van der Waals surface area contributed by atoms with Crippen LogP contribution in [0.4, 0.5) is 5.69 Å². The molecular weight excluding hydrogens is 430 g/mol. The Morgan fingerprint density at radius 2 is 1.82 bits per heavy atom. The largest absolute Gasteiger partial charge is 0.483 e. The average Bonchev–Trinajstić information content (AvgIpc) is 3.39. The predicted octanol–water partition coefficient (Wildman–Crippen LogP) is 5.30. The van der Waals surface area contributed by atoms with Crippen molar-refractivity contribution in [2.24, 2.45) is 0 Å². The third-order valence-electron chi connectivity index (χ3n) is 6.17. The molecule has 1 aliphatic rings. The summed E-state index contributed by atoms with van der Waals surface area (Å²) in [6.45, 7) is 3.14. The van der Waals surface area contributed by atoms with Crippen LogP contribution in [0, 0.1) is 0 Å². The van der Waals surface area contributed by atoms with Crippen molar-refractivity contribution in [3.05, 3.63) is 82.6 Å². The zero-order valence-electron chi connectivity index (χ0n) is 19.2. The van der Waals surface area contributed by atoms with Gasteiger partial charge < -0.3 is 15.4 Å². The third kappa shape index (κ3) is 6.67. The van der Waals surface area contributed by atoms with Gasteiger partial charge in [0.25, 0.3) is 0 Å². The number of rotatable bonds is 10. The summed E-state index contributed by atoms with van der Waals surface area (Å²) >= 11 is 1.70. The van der Waals surface area contributed by atoms with Gasteiger partial charge in [0.2, 0.25) is 5.91 Å². The molecule has 3 aromatic rings. The van der Waals surface area contributed by atoms with Crippen molar-refractivity contribution in [1.82, 2.24) is 10.2 Å². The summed E-state index contributed by atoms with van der Waals surface area (Å²) in [7, 11) is 1.95. The number of carbonyl (C=O) groups is 1. The molecule has 33 heavy (non-hydrogen) atoms. The SMILES string of the molecule is CNCCC(Oc1ccccc1NC(=O)CN1CCC(c2ccccc2)CC1)c1cccs1. The Morgan fingerprint density at radius 3 is 2.55 bits per heavy atom. The first-order chi connectivity index (χ1) is 16.2. The van der Waals surface area contributed by atoms with Crippen LogP contribution in [0.15, 0.2) is 72.1 Å². The lowest BCUT2D eigenvalue weighted by molar-refractivity contribution is -0.117. The van der Waals surface area contributed by atoms with Crippen molar-refractivity contribution < 1.29 is 9.53 Å². The number of benzene rings is 2. The molecule has 1 aliphatic heterocycles. The zero-order chi connectivity index (χ0) is 22.9. The van der Waals surface area contributed by atoms with Gasteiger partial charge in [-0.25, -0.2) is 0 Å². The van der Waals surface area contributed by atoms with Gasteiger partial charge in [0.1, 0.15) is 11.9 Å². The van der Waals surface area contributed by atoms with Crippen molar-refractivity contribution in [3.63, 3.8) is 0 Å². The highest BCUT2D eigenvalue weighted by Crippen LogP contribution is 2.33. The van der Waals surface area contributed by atoms with Gasteiger partial charge in [-0.2, -0.15) is 0 Å². The van der Waals surface area contributed by atoms with Gasteiger partial charge >= 0.3 is 0 Å². The van der Waals surface area contributed by atoms with E-state index in [1.165, 1.54) is 10.4 Å². The summed E-state index contributed by atoms with van der Waals surface area (Å²) in [5.74, 6) is 1.31. The van der Waals surface area contributed by atoms with Crippen LogP contribution < -0.4 is 15.4 Å². The molecule has 2 heterocycles. The number of para-hydroxylation sites is 2. The van der Waals surface area contributed by atoms with Gasteiger partial charge in [-0.3, -0.25) is 9.69 Å². The zero-order valence-corrected chi connectivity index (χ0v) is 20.0. The van der Waals surface area contributed by atoms with Gasteiger partial charge in [-0.1, -0.05) is 48.5 Å². The number of amides is 1. The predicted molar refractivity (Wildman–Crippen MR) is 136 cm³/mol. The molecule has 0 spiro atoms. The molecule has 1 saturated heterocycles. The first-order valence-corrected chi connectivity index (χ1v) is 12.6. The smallest absolute Gasteiger partial charge is 0.238 e. The number of hydrogen-bond acceptors (Lipinski definition) is 5. The minimum atomic E-state index is -0.0486. The monoisotopic (exact) mass is 463 g/mol. The Labute approximate surface area is 200 Å². The standard InChI is InChI=1S/C27H33N3O2S/c1-28-16-13-25(26-12-7-19-33-26)32-24-11-6-5-10-23(24)29-27(31)20-30-17-14-22(15-18-30)21-8-3-2-4-9-21/h2-12,19,22,25,28H,13-18,20H2,1H3,(H,29,31). The molecular formula is C27H33N3O2S. The van der Waals surface area contributed by atoms with Gasteiger partial charge in [-0.05, 0) is 74.6 Å². The maximum absolute atomic E-state index is 12.9. The molecule has 6 heteroatoms. The lowest BCUT2D eigenvalue weighted by Gasteiger charge is -2.31. The minimum Gasteiger partial charge on any atom is -0.483 e. The Bertz CT molecular complexity index is 986. The van der Waals surface area contributed by atoms with E-state index >= 15 is 0 Å². The number of likely N-dealkylation sites (tertiary alicyclic amines) is 1. The van der Waals surface area contributed by atoms with Gasteiger partial charge in [0, 0.05) is 11.3 Å². The van der Waals surface area contributed by atoms with E-state index in [0.29, 0.717) is 18.2 Å². The Balaban J connectivity index is 1.33. The summed E-state index contributed by atoms with van der Waals surface area (Å²) in [6.07, 6.45) is 2.98. The molecule has 1 amide bonds. The highest BCUT2D eigenvalue weighted by molar-refractivity contribution is 7.10. The fourth-order valence-electron chi connectivity index (χ4n) is 4.38. The number of anilines is 1.